The average Bonchev–Trinajstić information content (AvgIpc) is 2.85. The summed E-state index contributed by atoms with van der Waals surface area (Å²) in [6, 6.07) is 0. The SMILES string of the molecule is O=C1CC(C=C(F)F)CN1Cn1ccnc1C(F)(F)F. The summed E-state index contributed by atoms with van der Waals surface area (Å²) in [4.78, 5) is 15.9. The zero-order chi connectivity index (χ0) is 14.9. The predicted octanol–water partition coefficient (Wildman–Crippen LogP) is 2.49. The molecule has 1 aliphatic heterocycles. The van der Waals surface area contributed by atoms with E-state index in [1.807, 2.05) is 0 Å². The highest BCUT2D eigenvalue weighted by molar-refractivity contribution is 5.78. The van der Waals surface area contributed by atoms with Gasteiger partial charge in [0.25, 0.3) is 6.08 Å². The third kappa shape index (κ3) is 3.14. The smallest absolute Gasteiger partial charge is 0.324 e. The number of carbonyl (C=O) groups is 1. The van der Waals surface area contributed by atoms with E-state index in [0.29, 0.717) is 6.08 Å². The molecule has 1 fully saturated rings. The zero-order valence-electron chi connectivity index (χ0n) is 10.1. The van der Waals surface area contributed by atoms with Crippen LogP contribution in [0.25, 0.3) is 0 Å². The highest BCUT2D eigenvalue weighted by atomic mass is 19.4. The Balaban J connectivity index is 2.10. The van der Waals surface area contributed by atoms with E-state index in [1.165, 1.54) is 0 Å². The Morgan fingerprint density at radius 2 is 2.15 bits per heavy atom. The third-order valence-corrected chi connectivity index (χ3v) is 2.90. The fraction of sp³-hybridized carbons (Fsp3) is 0.455. The maximum absolute atomic E-state index is 12.6. The summed E-state index contributed by atoms with van der Waals surface area (Å²) in [7, 11) is 0. The Labute approximate surface area is 110 Å². The second kappa shape index (κ2) is 5.22. The molecule has 0 aromatic carbocycles. The molecule has 1 unspecified atom stereocenters. The predicted molar refractivity (Wildman–Crippen MR) is 57.3 cm³/mol. The molecule has 0 bridgehead atoms. The van der Waals surface area contributed by atoms with Gasteiger partial charge in [-0.25, -0.2) is 4.98 Å². The number of rotatable bonds is 3. The number of halogens is 5. The van der Waals surface area contributed by atoms with Gasteiger partial charge in [0, 0.05) is 31.3 Å². The van der Waals surface area contributed by atoms with Gasteiger partial charge in [-0.05, 0) is 6.08 Å². The van der Waals surface area contributed by atoms with Gasteiger partial charge in [-0.15, -0.1) is 0 Å². The van der Waals surface area contributed by atoms with E-state index < -0.39 is 29.9 Å². The van der Waals surface area contributed by atoms with E-state index in [9.17, 15) is 26.7 Å². The summed E-state index contributed by atoms with van der Waals surface area (Å²) < 4.78 is 62.8. The Morgan fingerprint density at radius 3 is 2.75 bits per heavy atom. The first kappa shape index (κ1) is 14.5. The largest absolute Gasteiger partial charge is 0.449 e. The monoisotopic (exact) mass is 295 g/mol. The van der Waals surface area contributed by atoms with Gasteiger partial charge in [-0.3, -0.25) is 4.79 Å². The summed E-state index contributed by atoms with van der Waals surface area (Å²) in [6.07, 6.45) is -3.94. The van der Waals surface area contributed by atoms with Crippen LogP contribution in [0.1, 0.15) is 12.2 Å². The lowest BCUT2D eigenvalue weighted by Crippen LogP contribution is -2.30. The van der Waals surface area contributed by atoms with Gasteiger partial charge >= 0.3 is 6.18 Å². The number of imidazole rings is 1. The molecule has 0 saturated carbocycles. The van der Waals surface area contributed by atoms with Crippen molar-refractivity contribution in [3.8, 4) is 0 Å². The standard InChI is InChI=1S/C11H10F5N3O/c12-8(13)3-7-4-9(20)19(5-7)6-18-2-1-17-10(18)11(14,15)16/h1-3,7H,4-6H2. The molecule has 0 radical (unpaired) electrons. The summed E-state index contributed by atoms with van der Waals surface area (Å²) in [5.41, 5.74) is 0. The summed E-state index contributed by atoms with van der Waals surface area (Å²) >= 11 is 0. The van der Waals surface area contributed by atoms with Gasteiger partial charge in [0.05, 0.1) is 6.67 Å². The first-order valence-electron chi connectivity index (χ1n) is 5.66. The van der Waals surface area contributed by atoms with E-state index in [0.717, 1.165) is 21.9 Å². The molecule has 2 rings (SSSR count). The lowest BCUT2D eigenvalue weighted by atomic mass is 10.1. The van der Waals surface area contributed by atoms with Gasteiger partial charge in [0.15, 0.2) is 0 Å². The van der Waals surface area contributed by atoms with E-state index >= 15 is 0 Å². The normalized spacial score (nSPS) is 19.6. The Hall–Kier alpha value is -1.93. The lowest BCUT2D eigenvalue weighted by molar-refractivity contribution is -0.149. The molecule has 1 aromatic rings. The Morgan fingerprint density at radius 1 is 1.45 bits per heavy atom. The molecule has 1 aromatic heterocycles. The molecule has 0 spiro atoms. The quantitative estimate of drug-likeness (QED) is 0.804. The molecular formula is C11H10F5N3O. The van der Waals surface area contributed by atoms with Gasteiger partial charge < -0.3 is 9.47 Å². The van der Waals surface area contributed by atoms with Crippen LogP contribution in [0.3, 0.4) is 0 Å². The van der Waals surface area contributed by atoms with Crippen LogP contribution in [0.15, 0.2) is 24.6 Å². The van der Waals surface area contributed by atoms with Crippen LogP contribution in [0.2, 0.25) is 0 Å². The average molecular weight is 295 g/mol. The van der Waals surface area contributed by atoms with Crippen molar-refractivity contribution in [2.24, 2.45) is 5.92 Å². The number of hydrogen-bond acceptors (Lipinski definition) is 2. The first-order valence-corrected chi connectivity index (χ1v) is 5.66. The highest BCUT2D eigenvalue weighted by Crippen LogP contribution is 2.29. The topological polar surface area (TPSA) is 38.1 Å². The molecule has 0 aliphatic carbocycles. The second-order valence-corrected chi connectivity index (χ2v) is 4.40. The summed E-state index contributed by atoms with van der Waals surface area (Å²) in [5.74, 6) is -2.26. The number of carbonyl (C=O) groups excluding carboxylic acids is 1. The van der Waals surface area contributed by atoms with Crippen molar-refractivity contribution in [3.05, 3.63) is 30.4 Å². The number of aromatic nitrogens is 2. The number of alkyl halides is 3. The van der Waals surface area contributed by atoms with Crippen molar-refractivity contribution in [1.29, 1.82) is 0 Å². The minimum atomic E-state index is -4.63. The Kier molecular flexibility index (Phi) is 3.78. The van der Waals surface area contributed by atoms with Crippen LogP contribution in [0, 0.1) is 5.92 Å². The number of amides is 1. The van der Waals surface area contributed by atoms with Crippen molar-refractivity contribution in [3.63, 3.8) is 0 Å². The molecule has 1 amide bonds. The summed E-state index contributed by atoms with van der Waals surface area (Å²) in [6.45, 7) is -0.391. The minimum Gasteiger partial charge on any atom is -0.324 e. The molecule has 2 heterocycles. The van der Waals surface area contributed by atoms with Crippen LogP contribution in [0.4, 0.5) is 22.0 Å². The maximum Gasteiger partial charge on any atom is 0.449 e. The van der Waals surface area contributed by atoms with Crippen molar-refractivity contribution in [1.82, 2.24) is 14.5 Å². The van der Waals surface area contributed by atoms with Crippen molar-refractivity contribution >= 4 is 5.91 Å². The molecular weight excluding hydrogens is 285 g/mol. The van der Waals surface area contributed by atoms with Gasteiger partial charge in [0.1, 0.15) is 0 Å². The van der Waals surface area contributed by atoms with E-state index in [4.69, 9.17) is 0 Å². The van der Waals surface area contributed by atoms with Crippen molar-refractivity contribution < 1.29 is 26.7 Å². The molecule has 0 N–H and O–H groups in total. The second-order valence-electron chi connectivity index (χ2n) is 4.40. The van der Waals surface area contributed by atoms with E-state index in [1.54, 1.807) is 0 Å². The number of nitrogens with zero attached hydrogens (tertiary/aromatic N) is 3. The van der Waals surface area contributed by atoms with E-state index in [2.05, 4.69) is 4.98 Å². The number of likely N-dealkylation sites (tertiary alicyclic amines) is 1. The third-order valence-electron chi connectivity index (χ3n) is 2.90. The van der Waals surface area contributed by atoms with Crippen LogP contribution in [-0.4, -0.2) is 26.9 Å². The van der Waals surface area contributed by atoms with Crippen LogP contribution >= 0.6 is 0 Å². The zero-order valence-corrected chi connectivity index (χ0v) is 10.1. The van der Waals surface area contributed by atoms with Crippen LogP contribution in [0.5, 0.6) is 0 Å². The lowest BCUT2D eigenvalue weighted by Gasteiger charge is -2.19. The fourth-order valence-corrected chi connectivity index (χ4v) is 2.09. The van der Waals surface area contributed by atoms with Gasteiger partial charge in [0.2, 0.25) is 11.7 Å². The van der Waals surface area contributed by atoms with Crippen molar-refractivity contribution in [2.45, 2.75) is 19.3 Å². The Bertz CT molecular complexity index is 532. The van der Waals surface area contributed by atoms with Gasteiger partial charge in [-0.2, -0.15) is 22.0 Å². The molecule has 1 aliphatic rings. The maximum atomic E-state index is 12.6. The fourth-order valence-electron chi connectivity index (χ4n) is 2.09. The first-order chi connectivity index (χ1) is 9.27. The molecule has 1 saturated heterocycles. The summed E-state index contributed by atoms with van der Waals surface area (Å²) in [5, 5.41) is 0. The van der Waals surface area contributed by atoms with Gasteiger partial charge in [-0.1, -0.05) is 0 Å². The van der Waals surface area contributed by atoms with Crippen LogP contribution in [-0.2, 0) is 17.6 Å². The van der Waals surface area contributed by atoms with E-state index in [-0.39, 0.29) is 19.6 Å². The molecule has 20 heavy (non-hydrogen) atoms. The molecule has 4 nitrogen and oxygen atoms in total. The highest BCUT2D eigenvalue weighted by Gasteiger charge is 2.37. The minimum absolute atomic E-state index is 0.0361. The van der Waals surface area contributed by atoms with Crippen LogP contribution < -0.4 is 0 Å². The van der Waals surface area contributed by atoms with Crippen molar-refractivity contribution in [2.75, 3.05) is 6.54 Å². The number of hydrogen-bond donors (Lipinski definition) is 0. The molecule has 110 valence electrons. The molecule has 1 atom stereocenters. The molecule has 9 heteroatoms.